The van der Waals surface area contributed by atoms with Crippen molar-refractivity contribution in [1.29, 1.82) is 0 Å². The van der Waals surface area contributed by atoms with Gasteiger partial charge in [-0.3, -0.25) is 0 Å². The van der Waals surface area contributed by atoms with Gasteiger partial charge in [0.05, 0.1) is 21.7 Å². The van der Waals surface area contributed by atoms with Gasteiger partial charge in [-0.25, -0.2) is 0 Å². The molecule has 0 saturated heterocycles. The van der Waals surface area contributed by atoms with Gasteiger partial charge in [0.2, 0.25) is 0 Å². The smallest absolute Gasteiger partial charge is 0.0652 e. The fourth-order valence-electron chi connectivity index (χ4n) is 7.97. The van der Waals surface area contributed by atoms with Gasteiger partial charge in [0.25, 0.3) is 0 Å². The minimum absolute atomic E-state index is 0.703. The highest BCUT2D eigenvalue weighted by atomic mass is 35.5. The number of aromatic nitrogens is 1. The number of rotatable bonds is 7. The van der Waals surface area contributed by atoms with Crippen LogP contribution < -0.4 is 0 Å². The average Bonchev–Trinajstić information content (AvgIpc) is 3.60. The maximum Gasteiger partial charge on any atom is 0.0652 e. The third-order valence-corrected chi connectivity index (χ3v) is 11.2. The zero-order chi connectivity index (χ0) is 37.4. The Bertz CT molecular complexity index is 2820. The number of halogens is 1. The zero-order valence-electron chi connectivity index (χ0n) is 30.6. The maximum absolute atomic E-state index is 7.26. The lowest BCUT2D eigenvalue weighted by molar-refractivity contribution is 1.18. The molecule has 0 bridgehead atoms. The molecule has 0 N–H and O–H groups in total. The van der Waals surface area contributed by atoms with Gasteiger partial charge in [-0.05, 0) is 103 Å². The lowest BCUT2D eigenvalue weighted by Gasteiger charge is -2.13. The molecule has 0 radical (unpaired) electrons. The monoisotopic (exact) mass is 733 g/mol. The van der Waals surface area contributed by atoms with Crippen LogP contribution in [-0.2, 0) is 0 Å². The fraction of sp³-hybridized carbons (Fsp3) is 0. The molecule has 0 amide bonds. The molecule has 0 saturated carbocycles. The van der Waals surface area contributed by atoms with Crippen LogP contribution in [0.3, 0.4) is 0 Å². The fourth-order valence-corrected chi connectivity index (χ4v) is 8.23. The summed E-state index contributed by atoms with van der Waals surface area (Å²) in [6.45, 7) is 0. The first-order valence-electron chi connectivity index (χ1n) is 19.0. The van der Waals surface area contributed by atoms with Crippen molar-refractivity contribution in [3.8, 4) is 72.4 Å². The van der Waals surface area contributed by atoms with Crippen LogP contribution in [0.15, 0.2) is 218 Å². The van der Waals surface area contributed by atoms with Crippen LogP contribution >= 0.6 is 11.6 Å². The zero-order valence-corrected chi connectivity index (χ0v) is 31.4. The Balaban J connectivity index is 1.07. The number of hydrogen-bond acceptors (Lipinski definition) is 0. The molecule has 56 heavy (non-hydrogen) atoms. The Morgan fingerprint density at radius 1 is 0.250 bits per heavy atom. The van der Waals surface area contributed by atoms with Crippen molar-refractivity contribution >= 4 is 33.4 Å². The van der Waals surface area contributed by atoms with E-state index in [2.05, 4.69) is 217 Å². The van der Waals surface area contributed by atoms with E-state index in [1.807, 2.05) is 6.07 Å². The second-order valence-electron chi connectivity index (χ2n) is 14.3. The Morgan fingerprint density at radius 3 is 0.857 bits per heavy atom. The molecule has 10 aromatic rings. The third-order valence-electron chi connectivity index (χ3n) is 10.9. The van der Waals surface area contributed by atoms with E-state index in [4.69, 9.17) is 11.6 Å². The molecule has 2 heteroatoms. The molecule has 0 unspecified atom stereocenters. The van der Waals surface area contributed by atoms with Gasteiger partial charge in [0.1, 0.15) is 0 Å². The highest BCUT2D eigenvalue weighted by Crippen LogP contribution is 2.40. The Hall–Kier alpha value is -6.93. The molecule has 0 atom stereocenters. The molecule has 0 aliphatic rings. The van der Waals surface area contributed by atoms with E-state index < -0.39 is 0 Å². The summed E-state index contributed by atoms with van der Waals surface area (Å²) in [4.78, 5) is 0. The Morgan fingerprint density at radius 2 is 0.518 bits per heavy atom. The minimum atomic E-state index is 0.703. The normalized spacial score (nSPS) is 11.3. The highest BCUT2D eigenvalue weighted by molar-refractivity contribution is 6.33. The van der Waals surface area contributed by atoms with E-state index in [-0.39, 0.29) is 0 Å². The van der Waals surface area contributed by atoms with E-state index in [1.165, 1.54) is 66.4 Å². The molecule has 9 aromatic carbocycles. The van der Waals surface area contributed by atoms with E-state index >= 15 is 0 Å². The number of nitrogens with zero attached hydrogens (tertiary/aromatic N) is 1. The first kappa shape index (κ1) is 33.6. The number of hydrogen-bond donors (Lipinski definition) is 0. The van der Waals surface area contributed by atoms with Gasteiger partial charge >= 0.3 is 0 Å². The van der Waals surface area contributed by atoms with Gasteiger partial charge in [-0.15, -0.1) is 0 Å². The Kier molecular flexibility index (Phi) is 8.63. The van der Waals surface area contributed by atoms with Gasteiger partial charge in [-0.1, -0.05) is 194 Å². The summed E-state index contributed by atoms with van der Waals surface area (Å²) in [5.41, 5.74) is 17.4. The van der Waals surface area contributed by atoms with Crippen molar-refractivity contribution in [3.05, 3.63) is 223 Å². The third kappa shape index (κ3) is 6.29. The molecular weight excluding hydrogens is 698 g/mol. The first-order valence-corrected chi connectivity index (χ1v) is 19.4. The quantitative estimate of drug-likeness (QED) is 0.154. The van der Waals surface area contributed by atoms with Gasteiger partial charge in [0.15, 0.2) is 0 Å². The topological polar surface area (TPSA) is 4.93 Å². The second-order valence-corrected chi connectivity index (χ2v) is 14.7. The van der Waals surface area contributed by atoms with E-state index in [9.17, 15) is 0 Å². The molecule has 1 nitrogen and oxygen atoms in total. The predicted octanol–water partition coefficient (Wildman–Crippen LogP) is 15.4. The molecule has 1 heterocycles. The van der Waals surface area contributed by atoms with E-state index in [1.54, 1.807) is 0 Å². The van der Waals surface area contributed by atoms with Crippen LogP contribution in [0, 0.1) is 0 Å². The molecule has 0 aliphatic heterocycles. The van der Waals surface area contributed by atoms with Crippen molar-refractivity contribution < 1.29 is 0 Å². The number of fused-ring (bicyclic) bond motifs is 3. The molecular formula is C54H36ClN. The number of benzene rings is 9. The first-order chi connectivity index (χ1) is 27.7. The average molecular weight is 734 g/mol. The molecule has 264 valence electrons. The predicted molar refractivity (Wildman–Crippen MR) is 238 cm³/mol. The minimum Gasteiger partial charge on any atom is -0.308 e. The van der Waals surface area contributed by atoms with Gasteiger partial charge in [-0.2, -0.15) is 0 Å². The van der Waals surface area contributed by atoms with Crippen LogP contribution in [0.25, 0.3) is 94.3 Å². The molecule has 1 aromatic heterocycles. The summed E-state index contributed by atoms with van der Waals surface area (Å²) in [6, 6.07) is 78.1. The highest BCUT2D eigenvalue weighted by Gasteiger charge is 2.17. The van der Waals surface area contributed by atoms with Crippen molar-refractivity contribution in [3.63, 3.8) is 0 Å². The summed E-state index contributed by atoms with van der Waals surface area (Å²) >= 11 is 7.26. The van der Waals surface area contributed by atoms with Crippen molar-refractivity contribution in [2.24, 2.45) is 0 Å². The van der Waals surface area contributed by atoms with Crippen molar-refractivity contribution in [1.82, 2.24) is 4.57 Å². The van der Waals surface area contributed by atoms with Crippen LogP contribution in [0.5, 0.6) is 0 Å². The van der Waals surface area contributed by atoms with Crippen LogP contribution in [0.4, 0.5) is 0 Å². The van der Waals surface area contributed by atoms with Crippen molar-refractivity contribution in [2.45, 2.75) is 0 Å². The van der Waals surface area contributed by atoms with Crippen LogP contribution in [-0.4, -0.2) is 4.57 Å². The summed E-state index contributed by atoms with van der Waals surface area (Å²) < 4.78 is 2.32. The summed E-state index contributed by atoms with van der Waals surface area (Å²) in [7, 11) is 0. The molecule has 0 aliphatic carbocycles. The van der Waals surface area contributed by atoms with E-state index in [0.29, 0.717) is 5.02 Å². The lowest BCUT2D eigenvalue weighted by Crippen LogP contribution is -1.95. The van der Waals surface area contributed by atoms with Crippen molar-refractivity contribution in [2.75, 3.05) is 0 Å². The summed E-state index contributed by atoms with van der Waals surface area (Å²) in [6.07, 6.45) is 0. The second kappa shape index (κ2) is 14.4. The summed E-state index contributed by atoms with van der Waals surface area (Å²) in [5.74, 6) is 0. The van der Waals surface area contributed by atoms with Crippen LogP contribution in [0.1, 0.15) is 0 Å². The van der Waals surface area contributed by atoms with Gasteiger partial charge in [0, 0.05) is 10.8 Å². The molecule has 10 rings (SSSR count). The molecule has 0 spiro atoms. The SMILES string of the molecule is Clc1cc(-c2ccc(-c3ccccc3)cc2)ccc1-n1c2ccc(-c3ccc(-c4ccccc4)cc3)cc2c2cc(-c3ccc(-c4ccccc4)cc3)ccc21. The van der Waals surface area contributed by atoms with Gasteiger partial charge < -0.3 is 4.57 Å². The standard InChI is InChI=1S/C54H36ClN/c55-51-36-48(45-26-20-42(21-27-45)39-14-8-3-9-15-39)30-33-54(51)56-52-31-28-46(43-22-16-40(17-23-43)37-10-4-1-5-11-37)34-49(52)50-35-47(29-32-53(50)56)44-24-18-41(19-25-44)38-12-6-2-7-13-38/h1-36H. The summed E-state index contributed by atoms with van der Waals surface area (Å²) in [5, 5.41) is 3.07. The van der Waals surface area contributed by atoms with E-state index in [0.717, 1.165) is 27.8 Å². The molecule has 0 fully saturated rings. The Labute approximate surface area is 332 Å². The maximum atomic E-state index is 7.26. The largest absolute Gasteiger partial charge is 0.308 e. The lowest BCUT2D eigenvalue weighted by atomic mass is 9.97. The van der Waals surface area contributed by atoms with Crippen LogP contribution in [0.2, 0.25) is 5.02 Å².